The molecule has 40 heavy (non-hydrogen) atoms. The second-order valence-electron chi connectivity index (χ2n) is 9.98. The van der Waals surface area contributed by atoms with Gasteiger partial charge in [-0.3, -0.25) is 9.36 Å². The zero-order chi connectivity index (χ0) is 29.4. The van der Waals surface area contributed by atoms with E-state index in [1.165, 1.54) is 60.9 Å². The normalized spacial score (nSPS) is 12.8. The molecule has 12 nitrogen and oxygen atoms in total. The van der Waals surface area contributed by atoms with E-state index < -0.39 is 34.7 Å². The highest BCUT2D eigenvalue weighted by Crippen LogP contribution is 2.34. The lowest BCUT2D eigenvalue weighted by molar-refractivity contribution is -0.146. The first kappa shape index (κ1) is 29.1. The monoisotopic (exact) mass is 574 g/mol. The molecule has 3 heterocycles. The highest BCUT2D eigenvalue weighted by molar-refractivity contribution is 7.21. The van der Waals surface area contributed by atoms with E-state index in [9.17, 15) is 23.9 Å². The van der Waals surface area contributed by atoms with E-state index >= 15 is 0 Å². The molecule has 0 spiro atoms. The van der Waals surface area contributed by atoms with Gasteiger partial charge >= 0.3 is 11.7 Å². The Morgan fingerprint density at radius 2 is 1.90 bits per heavy atom. The molecule has 0 aliphatic heterocycles. The Labute approximate surface area is 232 Å². The Hall–Kier alpha value is -3.88. The summed E-state index contributed by atoms with van der Waals surface area (Å²) in [7, 11) is 5.19. The van der Waals surface area contributed by atoms with Crippen molar-refractivity contribution >= 4 is 27.5 Å². The predicted molar refractivity (Wildman–Crippen MR) is 147 cm³/mol. The number of methoxy groups -OCH3 is 1. The zero-order valence-electron chi connectivity index (χ0n) is 23.0. The number of halogens is 1. The average molecular weight is 575 g/mol. The molecular formula is C26H31FN6O6S. The van der Waals surface area contributed by atoms with Crippen molar-refractivity contribution in [3.63, 3.8) is 0 Å². The Bertz CT molecular complexity index is 1660. The number of nitrogens with zero attached hydrogens (tertiary/aromatic N) is 6. The fourth-order valence-electron chi connectivity index (χ4n) is 4.34. The van der Waals surface area contributed by atoms with Crippen LogP contribution in [0, 0.1) is 12.7 Å². The molecule has 0 saturated heterocycles. The molecule has 0 amide bonds. The average Bonchev–Trinajstić information content (AvgIpc) is 3.53. The zero-order valence-corrected chi connectivity index (χ0v) is 23.9. The first-order valence-corrected chi connectivity index (χ1v) is 13.2. The molecule has 0 saturated carbocycles. The number of aromatic nitrogens is 5. The van der Waals surface area contributed by atoms with Crippen molar-refractivity contribution in [3.05, 3.63) is 68.4 Å². The summed E-state index contributed by atoms with van der Waals surface area (Å²) in [5.74, 6) is -1.53. The summed E-state index contributed by atoms with van der Waals surface area (Å²) in [5.41, 5.74) is -2.62. The summed E-state index contributed by atoms with van der Waals surface area (Å²) in [4.78, 5) is 43.5. The fraction of sp³-hybridized carbons (Fsp3) is 0.423. The van der Waals surface area contributed by atoms with E-state index in [0.717, 1.165) is 15.9 Å². The SMILES string of the molecule is COc1ccc(F)cc1[C@H](Cn1c(=O)n(C(C)(C)C(=O)O)c(=O)c2c(C)c(-n3nccn3)sc21)OCCN(C)C. The molecule has 4 rings (SSSR count). The van der Waals surface area contributed by atoms with Gasteiger partial charge in [0.2, 0.25) is 0 Å². The van der Waals surface area contributed by atoms with Crippen LogP contribution >= 0.6 is 11.3 Å². The van der Waals surface area contributed by atoms with Crippen LogP contribution in [0.15, 0.2) is 40.2 Å². The van der Waals surface area contributed by atoms with E-state index in [4.69, 9.17) is 9.47 Å². The molecule has 4 aromatic rings. The van der Waals surface area contributed by atoms with Crippen LogP contribution in [0.3, 0.4) is 0 Å². The summed E-state index contributed by atoms with van der Waals surface area (Å²) in [6, 6.07) is 4.00. The fourth-order valence-corrected chi connectivity index (χ4v) is 5.56. The third-order valence-corrected chi connectivity index (χ3v) is 7.90. The largest absolute Gasteiger partial charge is 0.496 e. The quantitative estimate of drug-likeness (QED) is 0.287. The van der Waals surface area contributed by atoms with E-state index in [1.807, 2.05) is 19.0 Å². The first-order chi connectivity index (χ1) is 18.9. The minimum absolute atomic E-state index is 0.157. The highest BCUT2D eigenvalue weighted by Gasteiger charge is 2.36. The van der Waals surface area contributed by atoms with E-state index in [1.54, 1.807) is 6.92 Å². The van der Waals surface area contributed by atoms with E-state index in [2.05, 4.69) is 10.2 Å². The van der Waals surface area contributed by atoms with Gasteiger partial charge in [-0.2, -0.15) is 10.2 Å². The summed E-state index contributed by atoms with van der Waals surface area (Å²) in [6.07, 6.45) is 2.07. The summed E-state index contributed by atoms with van der Waals surface area (Å²) < 4.78 is 28.1. The molecule has 0 unspecified atom stereocenters. The topological polar surface area (TPSA) is 134 Å². The van der Waals surface area contributed by atoms with Crippen LogP contribution < -0.4 is 16.0 Å². The Balaban J connectivity index is 2.01. The lowest BCUT2D eigenvalue weighted by Crippen LogP contribution is -2.52. The molecule has 3 aromatic heterocycles. The number of aliphatic carboxylic acids is 1. The molecule has 14 heteroatoms. The second kappa shape index (κ2) is 11.3. The smallest absolute Gasteiger partial charge is 0.333 e. The summed E-state index contributed by atoms with van der Waals surface area (Å²) in [6.45, 7) is 4.87. The van der Waals surface area contributed by atoms with Gasteiger partial charge in [-0.05, 0) is 53.1 Å². The van der Waals surface area contributed by atoms with Crippen molar-refractivity contribution in [1.29, 1.82) is 0 Å². The maximum atomic E-state index is 14.4. The number of carboxylic acid groups (broad SMARTS) is 1. The van der Waals surface area contributed by atoms with Gasteiger partial charge in [-0.25, -0.2) is 18.5 Å². The summed E-state index contributed by atoms with van der Waals surface area (Å²) >= 11 is 1.11. The van der Waals surface area contributed by atoms with Crippen molar-refractivity contribution in [2.45, 2.75) is 39.0 Å². The van der Waals surface area contributed by atoms with Crippen LogP contribution in [0.1, 0.15) is 31.1 Å². The molecular weight excluding hydrogens is 543 g/mol. The number of likely N-dealkylation sites (N-methyl/N-ethyl adjacent to an activating group) is 1. The molecule has 0 aliphatic carbocycles. The molecule has 1 atom stereocenters. The van der Waals surface area contributed by atoms with Gasteiger partial charge in [-0.1, -0.05) is 11.3 Å². The van der Waals surface area contributed by atoms with Gasteiger partial charge in [0.1, 0.15) is 33.0 Å². The number of carboxylic acids is 1. The number of benzene rings is 1. The lowest BCUT2D eigenvalue weighted by Gasteiger charge is -2.26. The van der Waals surface area contributed by atoms with Crippen LogP contribution in [-0.4, -0.2) is 74.5 Å². The van der Waals surface area contributed by atoms with Crippen LogP contribution in [0.4, 0.5) is 4.39 Å². The number of hydrogen-bond donors (Lipinski definition) is 1. The van der Waals surface area contributed by atoms with Crippen LogP contribution in [0.5, 0.6) is 5.75 Å². The Kier molecular flexibility index (Phi) is 8.23. The van der Waals surface area contributed by atoms with Gasteiger partial charge in [0.15, 0.2) is 0 Å². The van der Waals surface area contributed by atoms with Crippen molar-refractivity contribution in [3.8, 4) is 10.8 Å². The minimum atomic E-state index is -1.87. The van der Waals surface area contributed by atoms with Crippen LogP contribution in [0.25, 0.3) is 15.2 Å². The number of thiophene rings is 1. The molecule has 1 N–H and O–H groups in total. The minimum Gasteiger partial charge on any atom is -0.496 e. The summed E-state index contributed by atoms with van der Waals surface area (Å²) in [5, 5.41) is 18.9. The molecule has 214 valence electrons. The van der Waals surface area contributed by atoms with Crippen molar-refractivity contribution < 1.29 is 23.8 Å². The van der Waals surface area contributed by atoms with Crippen molar-refractivity contribution in [1.82, 2.24) is 29.0 Å². The number of fused-ring (bicyclic) bond motifs is 1. The number of hydrogen-bond acceptors (Lipinski definition) is 9. The molecule has 0 aliphatic rings. The van der Waals surface area contributed by atoms with Gasteiger partial charge in [0, 0.05) is 17.7 Å². The molecule has 0 bridgehead atoms. The number of rotatable bonds is 11. The number of carbonyl (C=O) groups is 1. The molecule has 0 fully saturated rings. The number of aryl methyl sites for hydroxylation is 1. The van der Waals surface area contributed by atoms with Gasteiger partial charge in [0.05, 0.1) is 38.0 Å². The standard InChI is InChI=1S/C26H31FN6O6S/c1-15-20-21(34)32(26(2,3)24(35)36)25(37)31(23(20)40-22(15)33-28-9-10-29-33)14-19(39-12-11-30(4)5)17-13-16(27)7-8-18(17)38-6/h7-10,13,19H,11-12,14H2,1-6H3,(H,35,36)/t19-/m0/s1. The third kappa shape index (κ3) is 5.29. The maximum absolute atomic E-state index is 14.4. The second-order valence-corrected chi connectivity index (χ2v) is 11.0. The Morgan fingerprint density at radius 3 is 2.50 bits per heavy atom. The Morgan fingerprint density at radius 1 is 1.23 bits per heavy atom. The van der Waals surface area contributed by atoms with Crippen molar-refractivity contribution in [2.75, 3.05) is 34.4 Å². The van der Waals surface area contributed by atoms with E-state index in [0.29, 0.717) is 28.4 Å². The van der Waals surface area contributed by atoms with Crippen LogP contribution in [0.2, 0.25) is 0 Å². The molecule has 1 aromatic carbocycles. The first-order valence-electron chi connectivity index (χ1n) is 12.4. The highest BCUT2D eigenvalue weighted by atomic mass is 32.1. The van der Waals surface area contributed by atoms with Gasteiger partial charge in [-0.15, -0.1) is 4.80 Å². The van der Waals surface area contributed by atoms with Gasteiger partial charge in [0.25, 0.3) is 5.56 Å². The third-order valence-electron chi connectivity index (χ3n) is 6.61. The van der Waals surface area contributed by atoms with Crippen LogP contribution in [-0.2, 0) is 21.6 Å². The lowest BCUT2D eigenvalue weighted by atomic mass is 10.1. The van der Waals surface area contributed by atoms with Crippen molar-refractivity contribution in [2.24, 2.45) is 0 Å². The predicted octanol–water partition coefficient (Wildman–Crippen LogP) is 2.40. The maximum Gasteiger partial charge on any atom is 0.333 e. The van der Waals surface area contributed by atoms with E-state index in [-0.39, 0.29) is 23.4 Å². The number of ether oxygens (including phenoxy) is 2. The van der Waals surface area contributed by atoms with Gasteiger partial charge < -0.3 is 19.5 Å². The molecule has 0 radical (unpaired) electrons.